The number of nitrogens with zero attached hydrogens (tertiary/aromatic N) is 3. The maximum Gasteiger partial charge on any atom is 0.138 e. The van der Waals surface area contributed by atoms with Crippen LogP contribution < -0.4 is 5.32 Å². The van der Waals surface area contributed by atoms with Gasteiger partial charge >= 0.3 is 0 Å². The van der Waals surface area contributed by atoms with E-state index in [1.54, 1.807) is 17.7 Å². The number of nitrogens with one attached hydrogen (secondary N) is 1. The van der Waals surface area contributed by atoms with Crippen molar-refractivity contribution in [3.8, 4) is 0 Å². The van der Waals surface area contributed by atoms with E-state index in [0.29, 0.717) is 5.54 Å². The SMILES string of the molecule is CN(C)C1(CNc2ncnc3sccc23)CCC1. The van der Waals surface area contributed by atoms with Crippen LogP contribution in [0.1, 0.15) is 19.3 Å². The molecule has 0 aromatic carbocycles. The molecule has 5 heteroatoms. The zero-order chi connectivity index (χ0) is 12.6. The number of rotatable bonds is 4. The van der Waals surface area contributed by atoms with Crippen LogP contribution >= 0.6 is 11.3 Å². The average Bonchev–Trinajstić information content (AvgIpc) is 2.75. The van der Waals surface area contributed by atoms with Gasteiger partial charge in [-0.05, 0) is 44.8 Å². The number of likely N-dealkylation sites (N-methyl/N-ethyl adjacent to an activating group) is 1. The van der Waals surface area contributed by atoms with Gasteiger partial charge in [0.1, 0.15) is 17.0 Å². The van der Waals surface area contributed by atoms with Gasteiger partial charge in [0.05, 0.1) is 5.39 Å². The molecule has 0 saturated heterocycles. The molecule has 0 spiro atoms. The van der Waals surface area contributed by atoms with Crippen LogP contribution in [0.5, 0.6) is 0 Å². The fourth-order valence-corrected chi connectivity index (χ4v) is 3.28. The highest BCUT2D eigenvalue weighted by molar-refractivity contribution is 7.16. The van der Waals surface area contributed by atoms with Crippen molar-refractivity contribution >= 4 is 27.4 Å². The molecule has 2 aromatic rings. The lowest BCUT2D eigenvalue weighted by Crippen LogP contribution is -2.54. The second-order valence-corrected chi connectivity index (χ2v) is 6.08. The van der Waals surface area contributed by atoms with Crippen molar-refractivity contribution in [2.24, 2.45) is 0 Å². The number of thiophene rings is 1. The Morgan fingerprint density at radius 2 is 2.22 bits per heavy atom. The summed E-state index contributed by atoms with van der Waals surface area (Å²) < 4.78 is 0. The summed E-state index contributed by atoms with van der Waals surface area (Å²) in [5.41, 5.74) is 0.313. The van der Waals surface area contributed by atoms with Crippen molar-refractivity contribution in [1.82, 2.24) is 14.9 Å². The lowest BCUT2D eigenvalue weighted by molar-refractivity contribution is 0.0738. The smallest absolute Gasteiger partial charge is 0.138 e. The van der Waals surface area contributed by atoms with Crippen molar-refractivity contribution in [3.63, 3.8) is 0 Å². The van der Waals surface area contributed by atoms with Crippen LogP contribution in [0.2, 0.25) is 0 Å². The van der Waals surface area contributed by atoms with E-state index in [1.165, 1.54) is 19.3 Å². The first-order valence-corrected chi connectivity index (χ1v) is 7.19. The molecule has 1 fully saturated rings. The molecule has 4 nitrogen and oxygen atoms in total. The topological polar surface area (TPSA) is 41.0 Å². The third-order valence-electron chi connectivity index (χ3n) is 4.08. The summed E-state index contributed by atoms with van der Waals surface area (Å²) in [6, 6.07) is 2.09. The van der Waals surface area contributed by atoms with Crippen molar-refractivity contribution in [2.75, 3.05) is 26.0 Å². The van der Waals surface area contributed by atoms with Crippen molar-refractivity contribution in [1.29, 1.82) is 0 Å². The maximum atomic E-state index is 4.37. The van der Waals surface area contributed by atoms with Crippen LogP contribution in [0.25, 0.3) is 10.2 Å². The standard InChI is InChI=1S/C13H18N4S/c1-17(2)13(5-3-6-13)8-14-11-10-4-7-18-12(10)16-9-15-11/h4,7,9H,3,5-6,8H2,1-2H3,(H,14,15,16). The Hall–Kier alpha value is -1.20. The van der Waals surface area contributed by atoms with Gasteiger partial charge in [-0.3, -0.25) is 0 Å². The maximum absolute atomic E-state index is 4.37. The summed E-state index contributed by atoms with van der Waals surface area (Å²) in [4.78, 5) is 12.0. The molecule has 0 unspecified atom stereocenters. The number of anilines is 1. The van der Waals surface area contributed by atoms with E-state index < -0.39 is 0 Å². The lowest BCUT2D eigenvalue weighted by atomic mass is 9.75. The minimum atomic E-state index is 0.313. The Bertz CT molecular complexity index is 545. The lowest BCUT2D eigenvalue weighted by Gasteiger charge is -2.47. The Morgan fingerprint density at radius 3 is 2.89 bits per heavy atom. The first-order chi connectivity index (χ1) is 8.71. The second-order valence-electron chi connectivity index (χ2n) is 5.19. The fourth-order valence-electron chi connectivity index (χ4n) is 2.55. The van der Waals surface area contributed by atoms with Gasteiger partial charge in [0.2, 0.25) is 0 Å². The van der Waals surface area contributed by atoms with E-state index >= 15 is 0 Å². The third kappa shape index (κ3) is 1.87. The van der Waals surface area contributed by atoms with Gasteiger partial charge in [-0.15, -0.1) is 11.3 Å². The Balaban J connectivity index is 1.79. The summed E-state index contributed by atoms with van der Waals surface area (Å²) in [5, 5.41) is 6.71. The predicted octanol–water partition coefficient (Wildman–Crippen LogP) is 2.59. The molecule has 1 saturated carbocycles. The van der Waals surface area contributed by atoms with E-state index in [4.69, 9.17) is 0 Å². The molecule has 2 heterocycles. The molecule has 1 aliphatic carbocycles. The zero-order valence-electron chi connectivity index (χ0n) is 10.8. The Kier molecular flexibility index (Phi) is 2.95. The van der Waals surface area contributed by atoms with Gasteiger partial charge in [-0.1, -0.05) is 0 Å². The van der Waals surface area contributed by atoms with Crippen LogP contribution in [0.15, 0.2) is 17.8 Å². The highest BCUT2D eigenvalue weighted by Crippen LogP contribution is 2.36. The van der Waals surface area contributed by atoms with Crippen LogP contribution in [0.4, 0.5) is 5.82 Å². The molecule has 0 bridgehead atoms. The van der Waals surface area contributed by atoms with Crippen molar-refractivity contribution in [3.05, 3.63) is 17.8 Å². The van der Waals surface area contributed by atoms with Crippen LogP contribution in [0, 0.1) is 0 Å². The minimum absolute atomic E-state index is 0.313. The van der Waals surface area contributed by atoms with E-state index in [2.05, 4.69) is 45.7 Å². The predicted molar refractivity (Wildman–Crippen MR) is 76.2 cm³/mol. The van der Waals surface area contributed by atoms with Gasteiger partial charge in [0.15, 0.2) is 0 Å². The summed E-state index contributed by atoms with van der Waals surface area (Å²) in [5.74, 6) is 0.967. The number of fused-ring (bicyclic) bond motifs is 1. The monoisotopic (exact) mass is 262 g/mol. The largest absolute Gasteiger partial charge is 0.368 e. The van der Waals surface area contributed by atoms with Crippen molar-refractivity contribution < 1.29 is 0 Å². The molecule has 1 aliphatic rings. The van der Waals surface area contributed by atoms with E-state index in [-0.39, 0.29) is 0 Å². The van der Waals surface area contributed by atoms with Gasteiger partial charge in [0, 0.05) is 12.1 Å². The molecule has 96 valence electrons. The first kappa shape index (κ1) is 11.9. The molecule has 0 aliphatic heterocycles. The zero-order valence-corrected chi connectivity index (χ0v) is 11.6. The van der Waals surface area contributed by atoms with Gasteiger partial charge in [-0.2, -0.15) is 0 Å². The minimum Gasteiger partial charge on any atom is -0.368 e. The number of hydrogen-bond donors (Lipinski definition) is 1. The van der Waals surface area contributed by atoms with Crippen molar-refractivity contribution in [2.45, 2.75) is 24.8 Å². The third-order valence-corrected chi connectivity index (χ3v) is 4.90. The summed E-state index contributed by atoms with van der Waals surface area (Å²) in [6.07, 6.45) is 5.51. The quantitative estimate of drug-likeness (QED) is 0.919. The molecular formula is C13H18N4S. The fraction of sp³-hybridized carbons (Fsp3) is 0.538. The van der Waals surface area contributed by atoms with Crippen LogP contribution in [0.3, 0.4) is 0 Å². The van der Waals surface area contributed by atoms with Gasteiger partial charge in [-0.25, -0.2) is 9.97 Å². The van der Waals surface area contributed by atoms with E-state index in [0.717, 1.165) is 22.6 Å². The highest BCUT2D eigenvalue weighted by atomic mass is 32.1. The highest BCUT2D eigenvalue weighted by Gasteiger charge is 2.38. The number of hydrogen-bond acceptors (Lipinski definition) is 5. The molecular weight excluding hydrogens is 244 g/mol. The van der Waals surface area contributed by atoms with Gasteiger partial charge < -0.3 is 10.2 Å². The molecule has 0 radical (unpaired) electrons. The Morgan fingerprint density at radius 1 is 1.39 bits per heavy atom. The molecule has 0 atom stereocenters. The molecule has 1 N–H and O–H groups in total. The molecule has 3 rings (SSSR count). The Labute approximate surface area is 111 Å². The first-order valence-electron chi connectivity index (χ1n) is 6.31. The summed E-state index contributed by atoms with van der Waals surface area (Å²) in [6.45, 7) is 0.960. The average molecular weight is 262 g/mol. The van der Waals surface area contributed by atoms with Gasteiger partial charge in [0.25, 0.3) is 0 Å². The molecule has 0 amide bonds. The molecule has 2 aromatic heterocycles. The van der Waals surface area contributed by atoms with E-state index in [1.807, 2.05) is 0 Å². The summed E-state index contributed by atoms with van der Waals surface area (Å²) in [7, 11) is 4.34. The number of aromatic nitrogens is 2. The van der Waals surface area contributed by atoms with Crippen LogP contribution in [-0.4, -0.2) is 41.0 Å². The normalized spacial score (nSPS) is 17.9. The van der Waals surface area contributed by atoms with E-state index in [9.17, 15) is 0 Å². The van der Waals surface area contributed by atoms with Crippen LogP contribution in [-0.2, 0) is 0 Å². The second kappa shape index (κ2) is 4.48. The summed E-state index contributed by atoms with van der Waals surface area (Å²) >= 11 is 1.66. The molecule has 18 heavy (non-hydrogen) atoms.